The van der Waals surface area contributed by atoms with Crippen molar-refractivity contribution in [2.75, 3.05) is 18.0 Å². The molecule has 1 saturated heterocycles. The number of aryl methyl sites for hydroxylation is 1. The van der Waals surface area contributed by atoms with E-state index in [9.17, 15) is 10.1 Å². The van der Waals surface area contributed by atoms with Gasteiger partial charge in [0, 0.05) is 36.6 Å². The second-order valence-corrected chi connectivity index (χ2v) is 7.28. The Labute approximate surface area is 150 Å². The molecular formula is C17H19ClN4O3. The molecule has 1 saturated carbocycles. The average Bonchev–Trinajstić information content (AvgIpc) is 3.34. The minimum atomic E-state index is -0.398. The fraction of sp³-hybridized carbons (Fsp3) is 0.529. The molecule has 4 rings (SSSR count). The number of nitrogens with zero attached hydrogens (tertiary/aromatic N) is 4. The summed E-state index contributed by atoms with van der Waals surface area (Å²) in [4.78, 5) is 17.4. The van der Waals surface area contributed by atoms with Crippen LogP contribution in [-0.4, -0.2) is 28.2 Å². The second kappa shape index (κ2) is 6.29. The van der Waals surface area contributed by atoms with E-state index in [1.165, 1.54) is 6.07 Å². The van der Waals surface area contributed by atoms with Gasteiger partial charge < -0.3 is 9.42 Å². The SMILES string of the molecule is Cc1cc(N2CCC(c3noc(C4CC4)n3)CC2)c(Cl)cc1[N+](=O)[O-]. The van der Waals surface area contributed by atoms with E-state index in [-0.39, 0.29) is 5.69 Å². The maximum Gasteiger partial charge on any atom is 0.273 e. The van der Waals surface area contributed by atoms with Gasteiger partial charge in [-0.05, 0) is 38.7 Å². The van der Waals surface area contributed by atoms with Crippen molar-refractivity contribution in [3.63, 3.8) is 0 Å². The molecule has 132 valence electrons. The highest BCUT2D eigenvalue weighted by atomic mass is 35.5. The molecule has 2 fully saturated rings. The lowest BCUT2D eigenvalue weighted by Crippen LogP contribution is -2.33. The largest absolute Gasteiger partial charge is 0.370 e. The van der Waals surface area contributed by atoms with Crippen LogP contribution in [0.5, 0.6) is 0 Å². The first-order valence-corrected chi connectivity index (χ1v) is 8.93. The fourth-order valence-corrected chi connectivity index (χ4v) is 3.66. The van der Waals surface area contributed by atoms with Crippen molar-refractivity contribution in [2.24, 2.45) is 0 Å². The Morgan fingerprint density at radius 2 is 1.96 bits per heavy atom. The van der Waals surface area contributed by atoms with Crippen molar-refractivity contribution < 1.29 is 9.45 Å². The molecule has 0 radical (unpaired) electrons. The Balaban J connectivity index is 1.46. The number of anilines is 1. The molecule has 0 N–H and O–H groups in total. The smallest absolute Gasteiger partial charge is 0.273 e. The monoisotopic (exact) mass is 362 g/mol. The maximum atomic E-state index is 11.0. The third-order valence-electron chi connectivity index (χ3n) is 5.05. The van der Waals surface area contributed by atoms with Crippen LogP contribution in [0.3, 0.4) is 0 Å². The minimum absolute atomic E-state index is 0.0584. The molecule has 25 heavy (non-hydrogen) atoms. The summed E-state index contributed by atoms with van der Waals surface area (Å²) in [6, 6.07) is 3.25. The van der Waals surface area contributed by atoms with E-state index in [0.717, 1.165) is 56.2 Å². The lowest BCUT2D eigenvalue weighted by atomic mass is 9.95. The summed E-state index contributed by atoms with van der Waals surface area (Å²) < 4.78 is 5.36. The maximum absolute atomic E-state index is 11.0. The molecule has 0 amide bonds. The van der Waals surface area contributed by atoms with Crippen LogP contribution >= 0.6 is 11.6 Å². The molecule has 1 aromatic heterocycles. The van der Waals surface area contributed by atoms with E-state index < -0.39 is 4.92 Å². The molecule has 7 nitrogen and oxygen atoms in total. The van der Waals surface area contributed by atoms with E-state index in [0.29, 0.717) is 22.4 Å². The first kappa shape index (κ1) is 16.3. The van der Waals surface area contributed by atoms with Crippen LogP contribution in [0.4, 0.5) is 11.4 Å². The van der Waals surface area contributed by atoms with E-state index >= 15 is 0 Å². The summed E-state index contributed by atoms with van der Waals surface area (Å²) in [5, 5.41) is 15.6. The van der Waals surface area contributed by atoms with Gasteiger partial charge in [0.15, 0.2) is 5.82 Å². The quantitative estimate of drug-likeness (QED) is 0.598. The average molecular weight is 363 g/mol. The Morgan fingerprint density at radius 3 is 2.60 bits per heavy atom. The van der Waals surface area contributed by atoms with Crippen molar-refractivity contribution in [2.45, 2.75) is 44.4 Å². The van der Waals surface area contributed by atoms with E-state index in [1.807, 2.05) is 0 Å². The highest BCUT2D eigenvalue weighted by Crippen LogP contribution is 2.40. The zero-order valence-corrected chi connectivity index (χ0v) is 14.7. The number of piperidine rings is 1. The Kier molecular flexibility index (Phi) is 4.11. The van der Waals surface area contributed by atoms with Gasteiger partial charge >= 0.3 is 0 Å². The lowest BCUT2D eigenvalue weighted by Gasteiger charge is -2.33. The van der Waals surface area contributed by atoms with Gasteiger partial charge in [-0.1, -0.05) is 16.8 Å². The fourth-order valence-electron chi connectivity index (χ4n) is 3.38. The normalized spacial score (nSPS) is 18.6. The molecular weight excluding hydrogens is 344 g/mol. The van der Waals surface area contributed by atoms with Gasteiger partial charge in [-0.2, -0.15) is 4.98 Å². The predicted molar refractivity (Wildman–Crippen MR) is 93.3 cm³/mol. The van der Waals surface area contributed by atoms with Gasteiger partial charge in [-0.15, -0.1) is 0 Å². The molecule has 1 aromatic carbocycles. The summed E-state index contributed by atoms with van der Waals surface area (Å²) in [5.74, 6) is 2.37. The summed E-state index contributed by atoms with van der Waals surface area (Å²) in [7, 11) is 0. The highest BCUT2D eigenvalue weighted by Gasteiger charge is 2.32. The lowest BCUT2D eigenvalue weighted by molar-refractivity contribution is -0.385. The number of hydrogen-bond acceptors (Lipinski definition) is 6. The number of nitro benzene ring substituents is 1. The van der Waals surface area contributed by atoms with Crippen LogP contribution in [-0.2, 0) is 0 Å². The van der Waals surface area contributed by atoms with Crippen molar-refractivity contribution >= 4 is 23.0 Å². The summed E-state index contributed by atoms with van der Waals surface area (Å²) >= 11 is 6.29. The molecule has 0 bridgehead atoms. The van der Waals surface area contributed by atoms with Gasteiger partial charge in [0.25, 0.3) is 5.69 Å². The van der Waals surface area contributed by atoms with Crippen LogP contribution in [0, 0.1) is 17.0 Å². The second-order valence-electron chi connectivity index (χ2n) is 6.87. The van der Waals surface area contributed by atoms with Gasteiger partial charge in [-0.3, -0.25) is 10.1 Å². The molecule has 2 heterocycles. The van der Waals surface area contributed by atoms with Crippen molar-refractivity contribution in [3.05, 3.63) is 44.5 Å². The molecule has 0 spiro atoms. The van der Waals surface area contributed by atoms with E-state index in [4.69, 9.17) is 16.1 Å². The first-order valence-electron chi connectivity index (χ1n) is 8.56. The zero-order valence-electron chi connectivity index (χ0n) is 13.9. The number of aromatic nitrogens is 2. The number of hydrogen-bond donors (Lipinski definition) is 0. The van der Waals surface area contributed by atoms with Crippen LogP contribution in [0.25, 0.3) is 0 Å². The molecule has 2 aliphatic rings. The van der Waals surface area contributed by atoms with E-state index in [2.05, 4.69) is 15.0 Å². The van der Waals surface area contributed by atoms with Crippen LogP contribution in [0.2, 0.25) is 5.02 Å². The molecule has 1 aliphatic carbocycles. The van der Waals surface area contributed by atoms with Gasteiger partial charge in [0.2, 0.25) is 5.89 Å². The van der Waals surface area contributed by atoms with Crippen LogP contribution in [0.15, 0.2) is 16.7 Å². The van der Waals surface area contributed by atoms with Gasteiger partial charge in [-0.25, -0.2) is 0 Å². The third kappa shape index (κ3) is 3.20. The number of benzene rings is 1. The number of halogens is 1. The summed E-state index contributed by atoms with van der Waals surface area (Å²) in [6.07, 6.45) is 4.13. The first-order chi connectivity index (χ1) is 12.0. The Hall–Kier alpha value is -2.15. The number of rotatable bonds is 4. The molecule has 0 unspecified atom stereocenters. The topological polar surface area (TPSA) is 85.3 Å². The zero-order chi connectivity index (χ0) is 17.6. The minimum Gasteiger partial charge on any atom is -0.370 e. The molecule has 0 atom stereocenters. The summed E-state index contributed by atoms with van der Waals surface area (Å²) in [5.41, 5.74) is 1.54. The van der Waals surface area contributed by atoms with E-state index in [1.54, 1.807) is 13.0 Å². The van der Waals surface area contributed by atoms with Crippen LogP contribution in [0.1, 0.15) is 54.8 Å². The molecule has 1 aliphatic heterocycles. The standard InChI is InChI=1S/C17H19ClN4O3/c1-10-8-15(13(18)9-14(10)22(23)24)21-6-4-11(5-7-21)16-19-17(25-20-16)12-2-3-12/h8-9,11-12H,2-7H2,1H3. The van der Waals surface area contributed by atoms with Gasteiger partial charge in [0.1, 0.15) is 0 Å². The van der Waals surface area contributed by atoms with Gasteiger partial charge in [0.05, 0.1) is 15.6 Å². The summed E-state index contributed by atoms with van der Waals surface area (Å²) in [6.45, 7) is 3.37. The molecule has 2 aromatic rings. The third-order valence-corrected chi connectivity index (χ3v) is 5.35. The Morgan fingerprint density at radius 1 is 1.24 bits per heavy atom. The molecule has 8 heteroatoms. The highest BCUT2D eigenvalue weighted by molar-refractivity contribution is 6.33. The Bertz CT molecular complexity index is 810. The predicted octanol–water partition coefficient (Wildman–Crippen LogP) is 4.20. The number of nitro groups is 1. The van der Waals surface area contributed by atoms with Crippen molar-refractivity contribution in [3.8, 4) is 0 Å². The van der Waals surface area contributed by atoms with Crippen LogP contribution < -0.4 is 4.90 Å². The van der Waals surface area contributed by atoms with Crippen molar-refractivity contribution in [1.29, 1.82) is 0 Å². The van der Waals surface area contributed by atoms with Crippen molar-refractivity contribution in [1.82, 2.24) is 10.1 Å².